The maximum Gasteiger partial charge on any atom is 0.257 e. The van der Waals surface area contributed by atoms with Crippen molar-refractivity contribution in [2.75, 3.05) is 19.0 Å². The number of primary amides is 1. The van der Waals surface area contributed by atoms with E-state index in [0.717, 1.165) is 5.56 Å². The Bertz CT molecular complexity index is 1050. The number of hydrogen-bond donors (Lipinski definition) is 2. The smallest absolute Gasteiger partial charge is 0.257 e. The number of carbonyl (C=O) groups excluding carboxylic acids is 2. The molecular formula is C19H15Cl2N3O4S. The van der Waals surface area contributed by atoms with Gasteiger partial charge in [0.05, 0.1) is 17.8 Å². The minimum absolute atomic E-state index is 0.108. The molecule has 1 aromatic heterocycles. The molecule has 1 heterocycles. The van der Waals surface area contributed by atoms with Crippen molar-refractivity contribution in [1.29, 1.82) is 0 Å². The highest BCUT2D eigenvalue weighted by atomic mass is 35.5. The van der Waals surface area contributed by atoms with Gasteiger partial charge >= 0.3 is 0 Å². The van der Waals surface area contributed by atoms with E-state index in [1.165, 1.54) is 30.6 Å². The molecule has 0 radical (unpaired) electrons. The summed E-state index contributed by atoms with van der Waals surface area (Å²) in [7, 11) is 1.39. The number of benzene rings is 2. The molecule has 0 saturated heterocycles. The van der Waals surface area contributed by atoms with E-state index in [0.29, 0.717) is 15.8 Å². The van der Waals surface area contributed by atoms with Crippen molar-refractivity contribution in [1.82, 2.24) is 4.98 Å². The summed E-state index contributed by atoms with van der Waals surface area (Å²) in [6.45, 7) is -0.367. The van der Waals surface area contributed by atoms with Gasteiger partial charge in [-0.2, -0.15) is 0 Å². The number of amides is 2. The monoisotopic (exact) mass is 451 g/mol. The molecule has 0 aliphatic rings. The summed E-state index contributed by atoms with van der Waals surface area (Å²) in [6.07, 6.45) is 0. The van der Waals surface area contributed by atoms with Crippen molar-refractivity contribution < 1.29 is 19.1 Å². The summed E-state index contributed by atoms with van der Waals surface area (Å²) < 4.78 is 10.5. The van der Waals surface area contributed by atoms with E-state index < -0.39 is 11.8 Å². The van der Waals surface area contributed by atoms with Gasteiger partial charge in [-0.25, -0.2) is 4.98 Å². The fraction of sp³-hybridized carbons (Fsp3) is 0.105. The van der Waals surface area contributed by atoms with Crippen LogP contribution in [-0.4, -0.2) is 30.5 Å². The Balaban J connectivity index is 1.78. The fourth-order valence-corrected chi connectivity index (χ4v) is 3.49. The Morgan fingerprint density at radius 2 is 1.93 bits per heavy atom. The quantitative estimate of drug-likeness (QED) is 0.558. The summed E-state index contributed by atoms with van der Waals surface area (Å²) in [5.41, 5.74) is 6.91. The largest absolute Gasteiger partial charge is 0.493 e. The molecule has 2 aromatic carbocycles. The Hall–Kier alpha value is -2.81. The summed E-state index contributed by atoms with van der Waals surface area (Å²) in [6, 6.07) is 10.1. The van der Waals surface area contributed by atoms with Gasteiger partial charge in [0.2, 0.25) is 0 Å². The van der Waals surface area contributed by atoms with Crippen molar-refractivity contribution in [3.8, 4) is 22.8 Å². The van der Waals surface area contributed by atoms with Gasteiger partial charge in [-0.05, 0) is 24.3 Å². The summed E-state index contributed by atoms with van der Waals surface area (Å²) >= 11 is 13.4. The Labute approximate surface area is 180 Å². The Kier molecular flexibility index (Phi) is 6.58. The number of ether oxygens (including phenoxy) is 2. The van der Waals surface area contributed by atoms with Crippen LogP contribution < -0.4 is 20.5 Å². The number of nitrogens with two attached hydrogens (primary N) is 1. The molecule has 150 valence electrons. The molecule has 0 fully saturated rings. The molecule has 0 aliphatic heterocycles. The third-order valence-corrected chi connectivity index (χ3v) is 5.01. The van der Waals surface area contributed by atoms with Crippen LogP contribution >= 0.6 is 34.5 Å². The van der Waals surface area contributed by atoms with Crippen LogP contribution in [0.15, 0.2) is 41.8 Å². The molecule has 3 aromatic rings. The molecule has 29 heavy (non-hydrogen) atoms. The predicted molar refractivity (Wildman–Crippen MR) is 113 cm³/mol. The van der Waals surface area contributed by atoms with Crippen molar-refractivity contribution in [2.45, 2.75) is 0 Å². The van der Waals surface area contributed by atoms with Crippen LogP contribution in [0.25, 0.3) is 11.3 Å². The molecule has 10 heteroatoms. The van der Waals surface area contributed by atoms with E-state index >= 15 is 0 Å². The third-order valence-electron chi connectivity index (χ3n) is 3.72. The van der Waals surface area contributed by atoms with Crippen molar-refractivity contribution in [3.63, 3.8) is 0 Å². The van der Waals surface area contributed by atoms with E-state index in [9.17, 15) is 9.59 Å². The van der Waals surface area contributed by atoms with Gasteiger partial charge in [0, 0.05) is 21.5 Å². The molecule has 0 aliphatic carbocycles. The zero-order valence-corrected chi connectivity index (χ0v) is 17.4. The minimum atomic E-state index is -0.662. The topological polar surface area (TPSA) is 104 Å². The lowest BCUT2D eigenvalue weighted by Gasteiger charge is -2.13. The average Bonchev–Trinajstić information content (AvgIpc) is 3.15. The van der Waals surface area contributed by atoms with E-state index in [1.807, 2.05) is 17.5 Å². The molecule has 0 unspecified atom stereocenters. The number of carbonyl (C=O) groups is 2. The number of nitrogens with zero attached hydrogens (tertiary/aromatic N) is 1. The van der Waals surface area contributed by atoms with Gasteiger partial charge in [-0.3, -0.25) is 14.9 Å². The number of halogens is 2. The number of methoxy groups -OCH3 is 1. The first-order chi connectivity index (χ1) is 13.9. The number of thiazole rings is 1. The number of anilines is 1. The molecule has 0 spiro atoms. The van der Waals surface area contributed by atoms with Gasteiger partial charge < -0.3 is 15.2 Å². The summed E-state index contributed by atoms with van der Waals surface area (Å²) in [4.78, 5) is 27.9. The van der Waals surface area contributed by atoms with Crippen molar-refractivity contribution in [2.24, 2.45) is 5.73 Å². The summed E-state index contributed by atoms with van der Waals surface area (Å²) in [5.74, 6) is -0.762. The maximum atomic E-state index is 12.6. The second-order valence-electron chi connectivity index (χ2n) is 5.74. The Morgan fingerprint density at radius 1 is 1.21 bits per heavy atom. The summed E-state index contributed by atoms with van der Waals surface area (Å²) in [5, 5.41) is 5.71. The van der Waals surface area contributed by atoms with Gasteiger partial charge in [0.15, 0.2) is 23.2 Å². The van der Waals surface area contributed by atoms with Gasteiger partial charge in [0.1, 0.15) is 0 Å². The van der Waals surface area contributed by atoms with Crippen LogP contribution in [0.1, 0.15) is 10.4 Å². The van der Waals surface area contributed by atoms with E-state index in [1.54, 1.807) is 12.1 Å². The second kappa shape index (κ2) is 9.13. The molecule has 0 atom stereocenters. The lowest BCUT2D eigenvalue weighted by Crippen LogP contribution is -2.20. The van der Waals surface area contributed by atoms with Crippen LogP contribution in [0.3, 0.4) is 0 Å². The highest BCUT2D eigenvalue weighted by molar-refractivity contribution is 7.14. The standard InChI is InChI=1S/C19H15Cl2N3O4S/c1-27-15-7-11(6-13(21)17(15)28-8-16(22)25)18(26)24-19-23-14(9-29-19)10-2-4-12(20)5-3-10/h2-7,9H,8H2,1H3,(H2,22,25)(H,23,24,26). The maximum absolute atomic E-state index is 12.6. The van der Waals surface area contributed by atoms with Crippen LogP contribution in [0.5, 0.6) is 11.5 Å². The molecule has 2 amide bonds. The molecule has 0 bridgehead atoms. The van der Waals surface area contributed by atoms with Gasteiger partial charge in [-0.1, -0.05) is 35.3 Å². The highest BCUT2D eigenvalue weighted by Crippen LogP contribution is 2.36. The number of aromatic nitrogens is 1. The molecular weight excluding hydrogens is 437 g/mol. The Morgan fingerprint density at radius 3 is 2.59 bits per heavy atom. The van der Waals surface area contributed by atoms with Gasteiger partial charge in [-0.15, -0.1) is 11.3 Å². The predicted octanol–water partition coefficient (Wildman–Crippen LogP) is 4.24. The van der Waals surface area contributed by atoms with E-state index in [2.05, 4.69) is 10.3 Å². The van der Waals surface area contributed by atoms with Crippen LogP contribution in [-0.2, 0) is 4.79 Å². The van der Waals surface area contributed by atoms with Crippen molar-refractivity contribution in [3.05, 3.63) is 57.4 Å². The zero-order chi connectivity index (χ0) is 21.0. The molecule has 0 saturated carbocycles. The number of hydrogen-bond acceptors (Lipinski definition) is 6. The number of nitrogens with one attached hydrogen (secondary N) is 1. The van der Waals surface area contributed by atoms with Crippen LogP contribution in [0.2, 0.25) is 10.0 Å². The number of rotatable bonds is 7. The van der Waals surface area contributed by atoms with Gasteiger partial charge in [0.25, 0.3) is 11.8 Å². The second-order valence-corrected chi connectivity index (χ2v) is 7.45. The molecule has 3 N–H and O–H groups in total. The lowest BCUT2D eigenvalue weighted by molar-refractivity contribution is -0.119. The molecule has 7 nitrogen and oxygen atoms in total. The highest BCUT2D eigenvalue weighted by Gasteiger charge is 2.18. The first kappa shape index (κ1) is 20.9. The lowest BCUT2D eigenvalue weighted by atomic mass is 10.2. The van der Waals surface area contributed by atoms with Crippen LogP contribution in [0.4, 0.5) is 5.13 Å². The van der Waals surface area contributed by atoms with E-state index in [-0.39, 0.29) is 28.7 Å². The van der Waals surface area contributed by atoms with Crippen LogP contribution in [0, 0.1) is 0 Å². The average molecular weight is 452 g/mol. The van der Waals surface area contributed by atoms with Crippen molar-refractivity contribution >= 4 is 51.5 Å². The minimum Gasteiger partial charge on any atom is -0.493 e. The zero-order valence-electron chi connectivity index (χ0n) is 15.1. The molecule has 3 rings (SSSR count). The fourth-order valence-electron chi connectivity index (χ4n) is 2.39. The van der Waals surface area contributed by atoms with E-state index in [4.69, 9.17) is 38.4 Å². The first-order valence-corrected chi connectivity index (χ1v) is 9.82. The first-order valence-electron chi connectivity index (χ1n) is 8.19. The third kappa shape index (κ3) is 5.17. The SMILES string of the molecule is COc1cc(C(=O)Nc2nc(-c3ccc(Cl)cc3)cs2)cc(Cl)c1OCC(N)=O. The normalized spacial score (nSPS) is 10.4.